The van der Waals surface area contributed by atoms with Gasteiger partial charge in [0.15, 0.2) is 21.3 Å². The van der Waals surface area contributed by atoms with E-state index in [1.807, 2.05) is 0 Å². The number of halogens is 5. The zero-order valence-corrected chi connectivity index (χ0v) is 19.8. The molecule has 0 spiro atoms. The zero-order valence-electron chi connectivity index (χ0n) is 19.0. The number of anilines is 1. The van der Waals surface area contributed by atoms with Crippen molar-refractivity contribution in [2.75, 3.05) is 11.6 Å². The van der Waals surface area contributed by atoms with Gasteiger partial charge in [-0.3, -0.25) is 4.79 Å². The van der Waals surface area contributed by atoms with Crippen LogP contribution in [0.1, 0.15) is 40.2 Å². The number of benzene rings is 1. The zero-order chi connectivity index (χ0) is 27.3. The van der Waals surface area contributed by atoms with Crippen molar-refractivity contribution < 1.29 is 45.0 Å². The van der Waals surface area contributed by atoms with Gasteiger partial charge < -0.3 is 15.2 Å². The van der Waals surface area contributed by atoms with Gasteiger partial charge in [-0.1, -0.05) is 6.07 Å². The lowest BCUT2D eigenvalue weighted by molar-refractivity contribution is -0.142. The summed E-state index contributed by atoms with van der Waals surface area (Å²) in [7, 11) is -3.68. The monoisotopic (exact) mass is 544 g/mol. The number of nitrogens with zero attached hydrogens (tertiary/aromatic N) is 3. The van der Waals surface area contributed by atoms with Gasteiger partial charge in [0.1, 0.15) is 11.2 Å². The molecule has 1 aliphatic carbocycles. The Hall–Kier alpha value is -3.72. The summed E-state index contributed by atoms with van der Waals surface area (Å²) >= 11 is 0. The van der Waals surface area contributed by atoms with Crippen molar-refractivity contribution in [2.45, 2.75) is 36.4 Å². The first-order valence-corrected chi connectivity index (χ1v) is 12.3. The minimum atomic E-state index is -5.04. The van der Waals surface area contributed by atoms with Crippen molar-refractivity contribution in [1.82, 2.24) is 15.2 Å². The van der Waals surface area contributed by atoms with E-state index in [2.05, 4.69) is 20.5 Å². The van der Waals surface area contributed by atoms with Crippen LogP contribution in [0.5, 0.6) is 11.6 Å². The number of rotatable bonds is 6. The summed E-state index contributed by atoms with van der Waals surface area (Å²) in [5.41, 5.74) is -5.09. The molecule has 2 aromatic heterocycles. The third kappa shape index (κ3) is 5.36. The summed E-state index contributed by atoms with van der Waals surface area (Å²) in [6.45, 7) is 0.878. The minimum absolute atomic E-state index is 0.107. The number of pyridine rings is 1. The van der Waals surface area contributed by atoms with Gasteiger partial charge in [-0.2, -0.15) is 17.6 Å². The van der Waals surface area contributed by atoms with Crippen LogP contribution in [-0.4, -0.2) is 40.9 Å². The standard InChI is InChI=1S/C22H17F5N4O5S/c1-10-15(19(32)28-11-4-3-5-12(8-11)37(2,34)35)20(31-30-17(10)22(25,26)27)36-16-13(23)9-14(29-18(16)24)21(33)6-7-21/h3-5,8-9,33H,6-7H2,1-2H3,(H,28,32). The van der Waals surface area contributed by atoms with Crippen LogP contribution < -0.4 is 10.1 Å². The Morgan fingerprint density at radius 2 is 1.84 bits per heavy atom. The Morgan fingerprint density at radius 3 is 2.41 bits per heavy atom. The summed E-state index contributed by atoms with van der Waals surface area (Å²) in [5, 5.41) is 18.5. The highest BCUT2D eigenvalue weighted by Gasteiger charge is 2.45. The summed E-state index contributed by atoms with van der Waals surface area (Å²) in [6, 6.07) is 5.56. The van der Waals surface area contributed by atoms with E-state index in [-0.39, 0.29) is 29.1 Å². The molecule has 15 heteroatoms. The Labute approximate surface area is 206 Å². The number of hydrogen-bond donors (Lipinski definition) is 2. The van der Waals surface area contributed by atoms with Crippen LogP contribution in [-0.2, 0) is 21.6 Å². The largest absolute Gasteiger partial charge is 0.435 e. The summed E-state index contributed by atoms with van der Waals surface area (Å²) < 4.78 is 98.3. The number of carbonyl (C=O) groups is 1. The molecular formula is C22H17F5N4O5S. The maximum atomic E-state index is 14.7. The van der Waals surface area contributed by atoms with Crippen molar-refractivity contribution in [3.8, 4) is 11.6 Å². The molecule has 0 radical (unpaired) electrons. The Bertz CT molecular complexity index is 1500. The molecular weight excluding hydrogens is 527 g/mol. The second-order valence-corrected chi connectivity index (χ2v) is 10.4. The first kappa shape index (κ1) is 26.3. The second-order valence-electron chi connectivity index (χ2n) is 8.35. The maximum absolute atomic E-state index is 14.7. The lowest BCUT2D eigenvalue weighted by Gasteiger charge is -2.17. The minimum Gasteiger partial charge on any atom is -0.429 e. The summed E-state index contributed by atoms with van der Waals surface area (Å²) in [5.74, 6) is -6.30. The van der Waals surface area contributed by atoms with Crippen LogP contribution in [0, 0.1) is 18.7 Å². The first-order chi connectivity index (χ1) is 17.1. The SMILES string of the molecule is Cc1c(C(F)(F)F)nnc(Oc2c(F)cc(C3(O)CC3)nc2F)c1C(=O)Nc1cccc(S(C)(=O)=O)c1. The van der Waals surface area contributed by atoms with Gasteiger partial charge in [0.25, 0.3) is 17.7 Å². The van der Waals surface area contributed by atoms with Crippen LogP contribution in [0.15, 0.2) is 35.2 Å². The average molecular weight is 544 g/mol. The third-order valence-corrected chi connectivity index (χ3v) is 6.60. The van der Waals surface area contributed by atoms with Gasteiger partial charge in [0.05, 0.1) is 10.6 Å². The van der Waals surface area contributed by atoms with E-state index in [0.717, 1.165) is 19.2 Å². The molecule has 9 nitrogen and oxygen atoms in total. The molecule has 1 amide bonds. The molecule has 3 aromatic rings. The molecule has 1 aromatic carbocycles. The second kappa shape index (κ2) is 8.99. The number of ether oxygens (including phenoxy) is 1. The van der Waals surface area contributed by atoms with Crippen molar-refractivity contribution >= 4 is 21.4 Å². The van der Waals surface area contributed by atoms with Gasteiger partial charge in [-0.15, -0.1) is 10.2 Å². The number of amides is 1. The number of sulfone groups is 1. The Morgan fingerprint density at radius 1 is 1.16 bits per heavy atom. The van der Waals surface area contributed by atoms with E-state index in [1.165, 1.54) is 18.2 Å². The number of alkyl halides is 3. The highest BCUT2D eigenvalue weighted by Crippen LogP contribution is 2.45. The maximum Gasteiger partial charge on any atom is 0.435 e. The van der Waals surface area contributed by atoms with Crippen LogP contribution in [0.3, 0.4) is 0 Å². The molecule has 1 aliphatic rings. The average Bonchev–Trinajstić information content (AvgIpc) is 3.53. The molecule has 0 unspecified atom stereocenters. The molecule has 1 fully saturated rings. The quantitative estimate of drug-likeness (QED) is 0.353. The van der Waals surface area contributed by atoms with Gasteiger partial charge in [-0.05, 0) is 43.5 Å². The molecule has 0 saturated heterocycles. The van der Waals surface area contributed by atoms with Gasteiger partial charge >= 0.3 is 6.18 Å². The lowest BCUT2D eigenvalue weighted by Crippen LogP contribution is -2.21. The Balaban J connectivity index is 1.77. The molecule has 196 valence electrons. The topological polar surface area (TPSA) is 131 Å². The number of aliphatic hydroxyl groups is 1. The molecule has 0 atom stereocenters. The number of hydrogen-bond acceptors (Lipinski definition) is 8. The van der Waals surface area contributed by atoms with E-state index in [1.54, 1.807) is 0 Å². The predicted molar refractivity (Wildman–Crippen MR) is 117 cm³/mol. The van der Waals surface area contributed by atoms with E-state index in [4.69, 9.17) is 4.74 Å². The van der Waals surface area contributed by atoms with Crippen LogP contribution in [0.25, 0.3) is 0 Å². The van der Waals surface area contributed by atoms with Crippen molar-refractivity contribution in [2.24, 2.45) is 0 Å². The normalized spacial score (nSPS) is 14.8. The molecule has 0 aliphatic heterocycles. The molecule has 0 bridgehead atoms. The molecule has 2 N–H and O–H groups in total. The molecule has 37 heavy (non-hydrogen) atoms. The predicted octanol–water partition coefficient (Wildman–Crippen LogP) is 3.91. The summed E-state index contributed by atoms with van der Waals surface area (Å²) in [6.07, 6.45) is -3.67. The molecule has 1 saturated carbocycles. The van der Waals surface area contributed by atoms with Crippen molar-refractivity contribution in [3.63, 3.8) is 0 Å². The van der Waals surface area contributed by atoms with Gasteiger partial charge in [-0.25, -0.2) is 17.8 Å². The molecule has 4 rings (SSSR count). The van der Waals surface area contributed by atoms with Crippen LogP contribution in [0.2, 0.25) is 0 Å². The highest BCUT2D eigenvalue weighted by atomic mass is 32.2. The Kier molecular flexibility index (Phi) is 6.40. The number of carbonyl (C=O) groups excluding carboxylic acids is 1. The van der Waals surface area contributed by atoms with E-state index in [9.17, 15) is 40.3 Å². The van der Waals surface area contributed by atoms with E-state index < -0.39 is 67.7 Å². The fourth-order valence-electron chi connectivity index (χ4n) is 3.38. The fraction of sp³-hybridized carbons (Fsp3) is 0.273. The van der Waals surface area contributed by atoms with Crippen molar-refractivity contribution in [3.05, 3.63) is 64.6 Å². The number of aromatic nitrogens is 3. The third-order valence-electron chi connectivity index (χ3n) is 5.49. The van der Waals surface area contributed by atoms with Gasteiger partial charge in [0, 0.05) is 18.0 Å². The van der Waals surface area contributed by atoms with E-state index >= 15 is 0 Å². The molecule has 2 heterocycles. The van der Waals surface area contributed by atoms with Gasteiger partial charge in [0.2, 0.25) is 5.75 Å². The lowest BCUT2D eigenvalue weighted by atomic mass is 10.1. The van der Waals surface area contributed by atoms with E-state index in [0.29, 0.717) is 6.07 Å². The number of nitrogens with one attached hydrogen (secondary N) is 1. The highest BCUT2D eigenvalue weighted by molar-refractivity contribution is 7.90. The van der Waals surface area contributed by atoms with Crippen LogP contribution >= 0.6 is 0 Å². The smallest absolute Gasteiger partial charge is 0.429 e. The van der Waals surface area contributed by atoms with Crippen LogP contribution in [0.4, 0.5) is 27.6 Å². The summed E-state index contributed by atoms with van der Waals surface area (Å²) in [4.78, 5) is 16.3. The van der Waals surface area contributed by atoms with Crippen molar-refractivity contribution in [1.29, 1.82) is 0 Å². The fourth-order valence-corrected chi connectivity index (χ4v) is 4.05. The first-order valence-electron chi connectivity index (χ1n) is 10.4.